The summed E-state index contributed by atoms with van der Waals surface area (Å²) in [4.78, 5) is 20.2. The smallest absolute Gasteiger partial charge is 0.328 e. The first-order valence-electron chi connectivity index (χ1n) is 7.42. The largest absolute Gasteiger partial charge is 0.481 e. The minimum atomic E-state index is -1.31. The second-order valence-electron chi connectivity index (χ2n) is 5.21. The number of aryl methyl sites for hydroxylation is 1. The molecule has 0 saturated carbocycles. The Kier molecular flexibility index (Phi) is 8.24. The number of carboxylic acids is 2. The first-order valence-corrected chi connectivity index (χ1v) is 7.42. The Labute approximate surface area is 154 Å². The predicted molar refractivity (Wildman–Crippen MR) is 85.3 cm³/mol. The summed E-state index contributed by atoms with van der Waals surface area (Å²) in [6.45, 7) is 0. The molecule has 2 N–H and O–H groups in total. The number of carboxylic acid groups (broad SMARTS) is 2. The molecule has 0 radical (unpaired) electrons. The molecule has 0 amide bonds. The van der Waals surface area contributed by atoms with Gasteiger partial charge in [0.05, 0.1) is 0 Å². The molecule has 0 atom stereocenters. The molecule has 0 saturated heterocycles. The van der Waals surface area contributed by atoms with Crippen molar-refractivity contribution in [2.24, 2.45) is 0 Å². The van der Waals surface area contributed by atoms with Crippen LogP contribution in [0, 0.1) is 34.9 Å². The molecule has 0 aliphatic carbocycles. The van der Waals surface area contributed by atoms with Gasteiger partial charge >= 0.3 is 11.9 Å². The van der Waals surface area contributed by atoms with E-state index in [1.807, 2.05) is 0 Å². The van der Waals surface area contributed by atoms with Crippen LogP contribution < -0.4 is 0 Å². The molecule has 150 valence electrons. The van der Waals surface area contributed by atoms with Gasteiger partial charge in [-0.2, -0.15) is 0 Å². The highest BCUT2D eigenvalue weighted by Gasteiger charge is 2.10. The van der Waals surface area contributed by atoms with Gasteiger partial charge in [-0.3, -0.25) is 4.79 Å². The average molecular weight is 406 g/mol. The van der Waals surface area contributed by atoms with Crippen LogP contribution >= 0.6 is 0 Å². The normalized spacial score (nSPS) is 10.5. The fourth-order valence-corrected chi connectivity index (χ4v) is 1.82. The van der Waals surface area contributed by atoms with Crippen molar-refractivity contribution in [2.75, 3.05) is 0 Å². The lowest BCUT2D eigenvalue weighted by Gasteiger charge is -2.01. The molecule has 10 heteroatoms. The van der Waals surface area contributed by atoms with Crippen molar-refractivity contribution in [3.05, 3.63) is 76.4 Å². The van der Waals surface area contributed by atoms with Crippen molar-refractivity contribution in [3.63, 3.8) is 0 Å². The van der Waals surface area contributed by atoms with Crippen molar-refractivity contribution in [1.82, 2.24) is 0 Å². The molecule has 2 aromatic rings. The standard InChI is InChI=1S/C9H7F3O2.C9H5F3O2/c2*10-6-4-8(12)7(11)3-5(6)1-2-9(13)14/h3-4H,1-2H2,(H,13,14);1-4H,(H,13,14). The number of hydrogen-bond donors (Lipinski definition) is 2. The summed E-state index contributed by atoms with van der Waals surface area (Å²) < 4.78 is 75.7. The van der Waals surface area contributed by atoms with Gasteiger partial charge in [-0.05, 0) is 30.2 Å². The van der Waals surface area contributed by atoms with Crippen LogP contribution in [0.15, 0.2) is 30.3 Å². The van der Waals surface area contributed by atoms with E-state index < -0.39 is 46.8 Å². The molecule has 0 aromatic heterocycles. The lowest BCUT2D eigenvalue weighted by molar-refractivity contribution is -0.137. The van der Waals surface area contributed by atoms with Gasteiger partial charge in [0.2, 0.25) is 0 Å². The van der Waals surface area contributed by atoms with Crippen LogP contribution in [0.25, 0.3) is 6.08 Å². The van der Waals surface area contributed by atoms with E-state index in [1.54, 1.807) is 0 Å². The SMILES string of the molecule is O=C(O)C=Cc1cc(F)c(F)cc1F.O=C(O)CCc1cc(F)c(F)cc1F. The van der Waals surface area contributed by atoms with Crippen LogP contribution in [0.2, 0.25) is 0 Å². The number of benzene rings is 2. The number of hydrogen-bond acceptors (Lipinski definition) is 2. The lowest BCUT2D eigenvalue weighted by atomic mass is 10.1. The van der Waals surface area contributed by atoms with E-state index in [0.717, 1.165) is 6.08 Å². The first-order chi connectivity index (χ1) is 13.0. The van der Waals surface area contributed by atoms with E-state index in [1.165, 1.54) is 0 Å². The molecule has 2 rings (SSSR count). The Balaban J connectivity index is 0.000000280. The van der Waals surface area contributed by atoms with Gasteiger partial charge in [0, 0.05) is 30.2 Å². The van der Waals surface area contributed by atoms with Crippen molar-refractivity contribution in [1.29, 1.82) is 0 Å². The van der Waals surface area contributed by atoms with Crippen molar-refractivity contribution < 1.29 is 46.1 Å². The second kappa shape index (κ2) is 10.1. The second-order valence-corrected chi connectivity index (χ2v) is 5.21. The third kappa shape index (κ3) is 7.14. The van der Waals surface area contributed by atoms with Gasteiger partial charge < -0.3 is 10.2 Å². The minimum absolute atomic E-state index is 0.133. The maximum absolute atomic E-state index is 12.9. The summed E-state index contributed by atoms with van der Waals surface area (Å²) in [5.41, 5.74) is -0.447. The van der Waals surface area contributed by atoms with Gasteiger partial charge in [0.25, 0.3) is 0 Å². The Morgan fingerprint density at radius 2 is 1.25 bits per heavy atom. The maximum atomic E-state index is 12.9. The molecule has 0 heterocycles. The fourth-order valence-electron chi connectivity index (χ4n) is 1.82. The summed E-state index contributed by atoms with van der Waals surface area (Å²) in [6, 6.07) is 2.03. The van der Waals surface area contributed by atoms with E-state index in [9.17, 15) is 35.9 Å². The van der Waals surface area contributed by atoms with E-state index in [4.69, 9.17) is 10.2 Å². The lowest BCUT2D eigenvalue weighted by Crippen LogP contribution is -2.01. The van der Waals surface area contributed by atoms with Crippen LogP contribution in [0.5, 0.6) is 0 Å². The van der Waals surface area contributed by atoms with E-state index in [2.05, 4.69) is 0 Å². The summed E-state index contributed by atoms with van der Waals surface area (Å²) in [5, 5.41) is 16.5. The monoisotopic (exact) mass is 406 g/mol. The molecule has 2 aromatic carbocycles. The molecule has 0 fully saturated rings. The van der Waals surface area contributed by atoms with Gasteiger partial charge in [0.15, 0.2) is 23.3 Å². The van der Waals surface area contributed by atoms with Crippen LogP contribution in [0.1, 0.15) is 17.5 Å². The van der Waals surface area contributed by atoms with Gasteiger partial charge in [-0.25, -0.2) is 31.1 Å². The highest BCUT2D eigenvalue weighted by molar-refractivity contribution is 5.85. The highest BCUT2D eigenvalue weighted by atomic mass is 19.2. The zero-order chi connectivity index (χ0) is 21.4. The van der Waals surface area contributed by atoms with Gasteiger partial charge in [0.1, 0.15) is 11.6 Å². The highest BCUT2D eigenvalue weighted by Crippen LogP contribution is 2.16. The molecule has 0 aliphatic rings. The van der Waals surface area contributed by atoms with Crippen molar-refractivity contribution in [3.8, 4) is 0 Å². The van der Waals surface area contributed by atoms with E-state index in [-0.39, 0.29) is 24.0 Å². The zero-order valence-corrected chi connectivity index (χ0v) is 13.9. The number of halogens is 6. The number of rotatable bonds is 5. The summed E-state index contributed by atoms with van der Waals surface area (Å²) >= 11 is 0. The summed E-state index contributed by atoms with van der Waals surface area (Å²) in [6.07, 6.45) is 1.01. The topological polar surface area (TPSA) is 74.6 Å². The Morgan fingerprint density at radius 3 is 1.79 bits per heavy atom. The molecule has 0 bridgehead atoms. The minimum Gasteiger partial charge on any atom is -0.481 e. The Bertz CT molecular complexity index is 911. The average Bonchev–Trinajstić information content (AvgIpc) is 2.59. The number of carbonyl (C=O) groups is 2. The molecule has 4 nitrogen and oxygen atoms in total. The van der Waals surface area contributed by atoms with Gasteiger partial charge in [-0.1, -0.05) is 0 Å². The third-order valence-electron chi connectivity index (χ3n) is 3.14. The van der Waals surface area contributed by atoms with Crippen LogP contribution in [-0.2, 0) is 16.0 Å². The Hall–Kier alpha value is -3.30. The first kappa shape index (κ1) is 22.7. The van der Waals surface area contributed by atoms with Crippen LogP contribution in [0.4, 0.5) is 26.3 Å². The molecular formula is C18H12F6O4. The summed E-state index contributed by atoms with van der Waals surface area (Å²) in [7, 11) is 0. The Morgan fingerprint density at radius 1 is 0.750 bits per heavy atom. The van der Waals surface area contributed by atoms with Crippen LogP contribution in [0.3, 0.4) is 0 Å². The zero-order valence-electron chi connectivity index (χ0n) is 13.9. The fraction of sp³-hybridized carbons (Fsp3) is 0.111. The van der Waals surface area contributed by atoms with Gasteiger partial charge in [-0.15, -0.1) is 0 Å². The van der Waals surface area contributed by atoms with Crippen LogP contribution in [-0.4, -0.2) is 22.2 Å². The number of aliphatic carboxylic acids is 2. The molecular weight excluding hydrogens is 394 g/mol. The molecule has 0 unspecified atom stereocenters. The molecule has 28 heavy (non-hydrogen) atoms. The predicted octanol–water partition coefficient (Wildman–Crippen LogP) is 4.32. The molecule has 0 aliphatic heterocycles. The van der Waals surface area contributed by atoms with E-state index in [0.29, 0.717) is 30.3 Å². The van der Waals surface area contributed by atoms with Crippen molar-refractivity contribution >= 4 is 18.0 Å². The maximum Gasteiger partial charge on any atom is 0.328 e. The van der Waals surface area contributed by atoms with Crippen molar-refractivity contribution in [2.45, 2.75) is 12.8 Å². The quantitative estimate of drug-likeness (QED) is 0.441. The summed E-state index contributed by atoms with van der Waals surface area (Å²) in [5.74, 6) is -9.34. The molecule has 0 spiro atoms. The third-order valence-corrected chi connectivity index (χ3v) is 3.14. The van der Waals surface area contributed by atoms with E-state index >= 15 is 0 Å².